The van der Waals surface area contributed by atoms with Crippen LogP contribution in [0.15, 0.2) is 18.2 Å². The summed E-state index contributed by atoms with van der Waals surface area (Å²) in [6.45, 7) is 2.11. The fourth-order valence-corrected chi connectivity index (χ4v) is 1.99. The van der Waals surface area contributed by atoms with Gasteiger partial charge >= 0.3 is 5.97 Å². The zero-order chi connectivity index (χ0) is 9.84. The number of rotatable bonds is 3. The van der Waals surface area contributed by atoms with Crippen molar-refractivity contribution in [3.63, 3.8) is 0 Å². The summed E-state index contributed by atoms with van der Waals surface area (Å²) in [6.07, 6.45) is 2.10. The van der Waals surface area contributed by atoms with E-state index >= 15 is 0 Å². The summed E-state index contributed by atoms with van der Waals surface area (Å²) in [4.78, 5) is 10.7. The summed E-state index contributed by atoms with van der Waals surface area (Å²) < 4.78 is 0.816. The standard InChI is InChI=1S/C10H11IO2/c1-2-3-7-4-5-8(10(12)13)9(11)6-7/h4-6H,2-3H2,1H3,(H,12,13). The lowest BCUT2D eigenvalue weighted by Crippen LogP contribution is -2.00. The Bertz CT molecular complexity index is 321. The molecule has 0 spiro atoms. The number of hydrogen-bond acceptors (Lipinski definition) is 1. The minimum absolute atomic E-state index is 0.389. The van der Waals surface area contributed by atoms with Crippen LogP contribution in [0, 0.1) is 3.57 Å². The van der Waals surface area contributed by atoms with Crippen molar-refractivity contribution in [3.8, 4) is 0 Å². The Morgan fingerprint density at radius 1 is 1.54 bits per heavy atom. The lowest BCUT2D eigenvalue weighted by molar-refractivity contribution is 0.0695. The normalized spacial score (nSPS) is 10.0. The van der Waals surface area contributed by atoms with Crippen LogP contribution < -0.4 is 0 Å². The molecule has 3 heteroatoms. The quantitative estimate of drug-likeness (QED) is 0.869. The van der Waals surface area contributed by atoms with Gasteiger partial charge in [-0.1, -0.05) is 19.4 Å². The number of carbonyl (C=O) groups is 1. The molecule has 0 radical (unpaired) electrons. The van der Waals surface area contributed by atoms with Crippen molar-refractivity contribution in [2.45, 2.75) is 19.8 Å². The molecule has 70 valence electrons. The number of carboxylic acid groups (broad SMARTS) is 1. The minimum atomic E-state index is -0.854. The summed E-state index contributed by atoms with van der Waals surface area (Å²) in [5.41, 5.74) is 1.59. The number of aromatic carboxylic acids is 1. The average molecular weight is 290 g/mol. The molecule has 0 aliphatic carbocycles. The molecule has 0 bridgehead atoms. The van der Waals surface area contributed by atoms with Gasteiger partial charge in [-0.15, -0.1) is 0 Å². The second-order valence-electron chi connectivity index (χ2n) is 2.87. The molecule has 0 unspecified atom stereocenters. The molecule has 13 heavy (non-hydrogen) atoms. The molecule has 1 aromatic carbocycles. The van der Waals surface area contributed by atoms with Crippen molar-refractivity contribution in [2.75, 3.05) is 0 Å². The van der Waals surface area contributed by atoms with Crippen LogP contribution in [0.4, 0.5) is 0 Å². The largest absolute Gasteiger partial charge is 0.478 e. The van der Waals surface area contributed by atoms with E-state index in [1.807, 2.05) is 12.1 Å². The van der Waals surface area contributed by atoms with E-state index in [-0.39, 0.29) is 0 Å². The second kappa shape index (κ2) is 4.60. The SMILES string of the molecule is CCCc1ccc(C(=O)O)c(I)c1. The van der Waals surface area contributed by atoms with E-state index in [4.69, 9.17) is 5.11 Å². The summed E-state index contributed by atoms with van der Waals surface area (Å²) in [5, 5.41) is 8.78. The molecule has 0 amide bonds. The third-order valence-corrected chi connectivity index (χ3v) is 2.70. The Balaban J connectivity index is 2.98. The first-order valence-corrected chi connectivity index (χ1v) is 5.24. The predicted octanol–water partition coefficient (Wildman–Crippen LogP) is 2.94. The monoisotopic (exact) mass is 290 g/mol. The fraction of sp³-hybridized carbons (Fsp3) is 0.300. The van der Waals surface area contributed by atoms with E-state index in [1.165, 1.54) is 5.56 Å². The van der Waals surface area contributed by atoms with Gasteiger partial charge in [-0.2, -0.15) is 0 Å². The Labute approximate surface area is 91.1 Å². The predicted molar refractivity (Wildman–Crippen MR) is 60.1 cm³/mol. The first-order chi connectivity index (χ1) is 6.15. The van der Waals surface area contributed by atoms with E-state index in [2.05, 4.69) is 29.5 Å². The molecule has 0 fully saturated rings. The highest BCUT2D eigenvalue weighted by Gasteiger charge is 2.07. The fourth-order valence-electron chi connectivity index (χ4n) is 1.18. The summed E-state index contributed by atoms with van der Waals surface area (Å²) >= 11 is 2.06. The van der Waals surface area contributed by atoms with Crippen molar-refractivity contribution in [1.29, 1.82) is 0 Å². The van der Waals surface area contributed by atoms with Crippen LogP contribution in [-0.2, 0) is 6.42 Å². The first kappa shape index (κ1) is 10.5. The van der Waals surface area contributed by atoms with E-state index in [9.17, 15) is 4.79 Å². The number of halogens is 1. The Kier molecular flexibility index (Phi) is 3.71. The van der Waals surface area contributed by atoms with Gasteiger partial charge < -0.3 is 5.11 Å². The van der Waals surface area contributed by atoms with Crippen molar-refractivity contribution < 1.29 is 9.90 Å². The molecule has 1 N–H and O–H groups in total. The molecular weight excluding hydrogens is 279 g/mol. The zero-order valence-corrected chi connectivity index (χ0v) is 9.54. The summed E-state index contributed by atoms with van der Waals surface area (Å²) in [5.74, 6) is -0.854. The topological polar surface area (TPSA) is 37.3 Å². The second-order valence-corrected chi connectivity index (χ2v) is 4.03. The van der Waals surface area contributed by atoms with Crippen molar-refractivity contribution in [1.82, 2.24) is 0 Å². The lowest BCUT2D eigenvalue weighted by atomic mass is 10.1. The first-order valence-electron chi connectivity index (χ1n) is 4.17. The maximum Gasteiger partial charge on any atom is 0.336 e. The molecule has 0 aliphatic rings. The van der Waals surface area contributed by atoms with E-state index in [1.54, 1.807) is 6.07 Å². The number of benzene rings is 1. The van der Waals surface area contributed by atoms with Crippen LogP contribution in [0.1, 0.15) is 29.3 Å². The molecular formula is C10H11IO2. The van der Waals surface area contributed by atoms with Gasteiger partial charge in [-0.05, 0) is 46.7 Å². The van der Waals surface area contributed by atoms with Crippen LogP contribution in [0.5, 0.6) is 0 Å². The Morgan fingerprint density at radius 2 is 2.23 bits per heavy atom. The smallest absolute Gasteiger partial charge is 0.336 e. The van der Waals surface area contributed by atoms with E-state index < -0.39 is 5.97 Å². The molecule has 1 aromatic rings. The average Bonchev–Trinajstić information content (AvgIpc) is 2.04. The van der Waals surface area contributed by atoms with Crippen molar-refractivity contribution >= 4 is 28.6 Å². The van der Waals surface area contributed by atoms with Crippen LogP contribution in [0.25, 0.3) is 0 Å². The number of carboxylic acids is 1. The van der Waals surface area contributed by atoms with Crippen LogP contribution in [-0.4, -0.2) is 11.1 Å². The van der Waals surface area contributed by atoms with Gasteiger partial charge in [0.2, 0.25) is 0 Å². The van der Waals surface area contributed by atoms with Crippen molar-refractivity contribution in [3.05, 3.63) is 32.9 Å². The van der Waals surface area contributed by atoms with Crippen LogP contribution >= 0.6 is 22.6 Å². The molecule has 0 saturated carbocycles. The summed E-state index contributed by atoms with van der Waals surface area (Å²) in [6, 6.07) is 5.50. The highest BCUT2D eigenvalue weighted by atomic mass is 127. The minimum Gasteiger partial charge on any atom is -0.478 e. The van der Waals surface area contributed by atoms with Gasteiger partial charge in [0.15, 0.2) is 0 Å². The van der Waals surface area contributed by atoms with Gasteiger partial charge in [0.25, 0.3) is 0 Å². The van der Waals surface area contributed by atoms with Crippen LogP contribution in [0.3, 0.4) is 0 Å². The van der Waals surface area contributed by atoms with Gasteiger partial charge in [0.05, 0.1) is 5.56 Å². The zero-order valence-electron chi connectivity index (χ0n) is 7.38. The third-order valence-electron chi connectivity index (χ3n) is 1.80. The maximum atomic E-state index is 10.7. The molecule has 0 saturated heterocycles. The third kappa shape index (κ3) is 2.69. The number of hydrogen-bond donors (Lipinski definition) is 1. The Hall–Kier alpha value is -0.580. The van der Waals surface area contributed by atoms with Gasteiger partial charge in [0, 0.05) is 3.57 Å². The number of aryl methyl sites for hydroxylation is 1. The molecule has 0 aromatic heterocycles. The highest BCUT2D eigenvalue weighted by Crippen LogP contribution is 2.15. The molecule has 2 nitrogen and oxygen atoms in total. The molecule has 1 rings (SSSR count). The highest BCUT2D eigenvalue weighted by molar-refractivity contribution is 14.1. The Morgan fingerprint density at radius 3 is 2.69 bits per heavy atom. The lowest BCUT2D eigenvalue weighted by Gasteiger charge is -2.02. The van der Waals surface area contributed by atoms with Gasteiger partial charge in [-0.25, -0.2) is 4.79 Å². The van der Waals surface area contributed by atoms with E-state index in [0.29, 0.717) is 5.56 Å². The van der Waals surface area contributed by atoms with Gasteiger partial charge in [0.1, 0.15) is 0 Å². The molecule has 0 atom stereocenters. The maximum absolute atomic E-state index is 10.7. The molecule has 0 heterocycles. The summed E-state index contributed by atoms with van der Waals surface area (Å²) in [7, 11) is 0. The van der Waals surface area contributed by atoms with E-state index in [0.717, 1.165) is 16.4 Å². The van der Waals surface area contributed by atoms with Crippen LogP contribution in [0.2, 0.25) is 0 Å². The molecule has 0 aliphatic heterocycles. The van der Waals surface area contributed by atoms with Crippen molar-refractivity contribution in [2.24, 2.45) is 0 Å². The van der Waals surface area contributed by atoms with Gasteiger partial charge in [-0.3, -0.25) is 0 Å².